The van der Waals surface area contributed by atoms with Gasteiger partial charge < -0.3 is 15.4 Å². The first-order valence-corrected chi connectivity index (χ1v) is 19.0. The average Bonchev–Trinajstić information content (AvgIpc) is 3.54. The summed E-state index contributed by atoms with van der Waals surface area (Å²) in [6, 6.07) is 5.11. The van der Waals surface area contributed by atoms with Crippen LogP contribution in [0.2, 0.25) is 25.7 Å². The Morgan fingerprint density at radius 3 is 2.49 bits per heavy atom. The van der Waals surface area contributed by atoms with Crippen LogP contribution in [0, 0.1) is 31.6 Å². The minimum Gasteiger partial charge on any atom is -0.360 e. The first kappa shape index (κ1) is 32.5. The smallest absolute Gasteiger partial charge is 0.270 e. The second-order valence-corrected chi connectivity index (χ2v) is 18.5. The summed E-state index contributed by atoms with van der Waals surface area (Å²) in [5, 5.41) is 14.4. The maximum Gasteiger partial charge on any atom is 0.270 e. The maximum atomic E-state index is 15.5. The van der Waals surface area contributed by atoms with Crippen LogP contribution in [0.4, 0.5) is 10.2 Å². The molecule has 10 nitrogen and oxygen atoms in total. The lowest BCUT2D eigenvalue weighted by molar-refractivity contribution is -0.119. The molecule has 12 heteroatoms. The van der Waals surface area contributed by atoms with Crippen LogP contribution in [0.1, 0.15) is 61.4 Å². The van der Waals surface area contributed by atoms with Gasteiger partial charge in [0.2, 0.25) is 11.9 Å². The van der Waals surface area contributed by atoms with E-state index in [2.05, 4.69) is 52.4 Å². The molecule has 4 rings (SSSR count). The van der Waals surface area contributed by atoms with Gasteiger partial charge in [0, 0.05) is 44.2 Å². The van der Waals surface area contributed by atoms with E-state index in [9.17, 15) is 9.59 Å². The fraction of sp³-hybridized carbons (Fsp3) is 0.581. The molecular weight excluding hydrogens is 565 g/mol. The number of rotatable bonds is 12. The Morgan fingerprint density at radius 1 is 1.12 bits per heavy atom. The molecule has 3 aromatic rings. The van der Waals surface area contributed by atoms with Crippen molar-refractivity contribution in [2.75, 3.05) is 11.9 Å². The van der Waals surface area contributed by atoms with Crippen molar-refractivity contribution in [3.05, 3.63) is 47.4 Å². The van der Waals surface area contributed by atoms with E-state index in [1.165, 1.54) is 0 Å². The molecule has 0 aliphatic heterocycles. The molecular formula is C31H46FN7O3Si. The second kappa shape index (κ2) is 13.9. The molecule has 1 saturated carbocycles. The molecule has 0 bridgehead atoms. The average molecular weight is 612 g/mol. The third-order valence-electron chi connectivity index (χ3n) is 8.31. The summed E-state index contributed by atoms with van der Waals surface area (Å²) < 4.78 is 24.7. The Labute approximate surface area is 254 Å². The van der Waals surface area contributed by atoms with E-state index >= 15 is 4.39 Å². The van der Waals surface area contributed by atoms with Gasteiger partial charge >= 0.3 is 0 Å². The van der Waals surface area contributed by atoms with E-state index in [0.29, 0.717) is 48.3 Å². The minimum absolute atomic E-state index is 0.0358. The third kappa shape index (κ3) is 8.17. The van der Waals surface area contributed by atoms with Crippen molar-refractivity contribution in [2.24, 2.45) is 11.8 Å². The Balaban J connectivity index is 1.49. The number of hydrogen-bond donors (Lipinski definition) is 2. The molecule has 1 atom stereocenters. The topological polar surface area (TPSA) is 116 Å². The number of halogens is 1. The standard InChI is InChI=1S/C31H46FN7O3Si/c1-8-38-25(15-16-33-38)30(40)36-28(23-11-9-20(2)10-12-23)31(41)35-26-14-13-24(29(32)34-26)27-21(3)37-39(22(27)4)19-42-17-18-43(5,6)7/h13-16,20,23,28H,8-12,17-19H2,1-7H3,(H,36,40)(H,34,35,41)/t20-,23-,28-/m0/s1. The van der Waals surface area contributed by atoms with Gasteiger partial charge in [-0.05, 0) is 69.7 Å². The zero-order chi connectivity index (χ0) is 31.3. The highest BCUT2D eigenvalue weighted by Gasteiger charge is 2.33. The lowest BCUT2D eigenvalue weighted by atomic mass is 9.79. The van der Waals surface area contributed by atoms with Crippen LogP contribution >= 0.6 is 0 Å². The van der Waals surface area contributed by atoms with Crippen LogP contribution in [-0.2, 0) is 22.8 Å². The van der Waals surface area contributed by atoms with E-state index in [-0.39, 0.29) is 17.6 Å². The maximum absolute atomic E-state index is 15.5. The molecule has 0 aromatic carbocycles. The summed E-state index contributed by atoms with van der Waals surface area (Å²) in [5.41, 5.74) is 2.81. The molecule has 2 N–H and O–H groups in total. The summed E-state index contributed by atoms with van der Waals surface area (Å²) in [7, 11) is -1.20. The number of pyridine rings is 1. The molecule has 1 fully saturated rings. The Hall–Kier alpha value is -3.38. The van der Waals surface area contributed by atoms with E-state index in [1.54, 1.807) is 33.8 Å². The van der Waals surface area contributed by atoms with Crippen molar-refractivity contribution in [1.82, 2.24) is 29.9 Å². The van der Waals surface area contributed by atoms with Gasteiger partial charge in [-0.3, -0.25) is 14.3 Å². The molecule has 1 aliphatic rings. The lowest BCUT2D eigenvalue weighted by Crippen LogP contribution is -2.49. The third-order valence-corrected chi connectivity index (χ3v) is 10.0. The number of nitrogens with one attached hydrogen (secondary N) is 2. The van der Waals surface area contributed by atoms with Crippen LogP contribution in [0.15, 0.2) is 24.4 Å². The molecule has 0 radical (unpaired) electrons. The summed E-state index contributed by atoms with van der Waals surface area (Å²) in [6.45, 7) is 16.2. The zero-order valence-corrected chi connectivity index (χ0v) is 27.5. The second-order valence-electron chi connectivity index (χ2n) is 12.9. The van der Waals surface area contributed by atoms with Crippen LogP contribution < -0.4 is 10.6 Å². The van der Waals surface area contributed by atoms with Gasteiger partial charge in [-0.2, -0.15) is 14.6 Å². The largest absolute Gasteiger partial charge is 0.360 e. The molecule has 0 saturated heterocycles. The quantitative estimate of drug-likeness (QED) is 0.152. The van der Waals surface area contributed by atoms with Crippen LogP contribution in [0.5, 0.6) is 0 Å². The molecule has 0 spiro atoms. The van der Waals surface area contributed by atoms with Crippen LogP contribution in [-0.4, -0.2) is 57.1 Å². The van der Waals surface area contributed by atoms with Gasteiger partial charge in [-0.1, -0.05) is 39.4 Å². The molecule has 3 heterocycles. The molecule has 2 amide bonds. The van der Waals surface area contributed by atoms with E-state index in [0.717, 1.165) is 37.4 Å². The highest BCUT2D eigenvalue weighted by Crippen LogP contribution is 2.32. The number of ether oxygens (including phenoxy) is 1. The number of hydrogen-bond acceptors (Lipinski definition) is 6. The minimum atomic E-state index is -1.20. The number of anilines is 1. The zero-order valence-electron chi connectivity index (χ0n) is 26.5. The summed E-state index contributed by atoms with van der Waals surface area (Å²) in [6.07, 6.45) is 5.16. The van der Waals surface area contributed by atoms with Gasteiger partial charge in [0.1, 0.15) is 24.3 Å². The monoisotopic (exact) mass is 611 g/mol. The van der Waals surface area contributed by atoms with Crippen LogP contribution in [0.25, 0.3) is 11.1 Å². The number of aryl methyl sites for hydroxylation is 2. The van der Waals surface area contributed by atoms with Crippen molar-refractivity contribution < 1.29 is 18.7 Å². The Kier molecular flexibility index (Phi) is 10.5. The first-order chi connectivity index (χ1) is 20.4. The van der Waals surface area contributed by atoms with Gasteiger partial charge in [0.05, 0.1) is 5.69 Å². The first-order valence-electron chi connectivity index (χ1n) is 15.3. The van der Waals surface area contributed by atoms with E-state index in [1.807, 2.05) is 20.8 Å². The lowest BCUT2D eigenvalue weighted by Gasteiger charge is -2.32. The fourth-order valence-electron chi connectivity index (χ4n) is 5.65. The number of aromatic nitrogens is 5. The molecule has 3 aromatic heterocycles. The number of amides is 2. The van der Waals surface area contributed by atoms with Gasteiger partial charge in [-0.25, -0.2) is 9.67 Å². The van der Waals surface area contributed by atoms with Crippen molar-refractivity contribution in [1.29, 1.82) is 0 Å². The molecule has 1 aliphatic carbocycles. The normalized spacial score (nSPS) is 18.0. The van der Waals surface area contributed by atoms with Gasteiger partial charge in [-0.15, -0.1) is 0 Å². The Bertz CT molecular complexity index is 1420. The number of carbonyl (C=O) groups excluding carboxylic acids is 2. The molecule has 0 unspecified atom stereocenters. The highest BCUT2D eigenvalue weighted by molar-refractivity contribution is 6.76. The number of nitrogens with zero attached hydrogens (tertiary/aromatic N) is 5. The molecule has 43 heavy (non-hydrogen) atoms. The van der Waals surface area contributed by atoms with Crippen molar-refractivity contribution in [3.63, 3.8) is 0 Å². The predicted molar refractivity (Wildman–Crippen MR) is 168 cm³/mol. The summed E-state index contributed by atoms with van der Waals surface area (Å²) in [5.74, 6) is -0.849. The van der Waals surface area contributed by atoms with Gasteiger partial charge in [0.25, 0.3) is 5.91 Å². The van der Waals surface area contributed by atoms with Crippen LogP contribution in [0.3, 0.4) is 0 Å². The van der Waals surface area contributed by atoms with Crippen molar-refractivity contribution >= 4 is 25.7 Å². The number of carbonyl (C=O) groups is 2. The van der Waals surface area contributed by atoms with E-state index < -0.39 is 26.0 Å². The fourth-order valence-corrected chi connectivity index (χ4v) is 6.40. The van der Waals surface area contributed by atoms with Crippen molar-refractivity contribution in [2.45, 2.75) is 98.4 Å². The summed E-state index contributed by atoms with van der Waals surface area (Å²) in [4.78, 5) is 30.8. The SMILES string of the molecule is CCn1nccc1C(=O)N[C@H](C(=O)Nc1ccc(-c2c(C)nn(COCC[Si](C)(C)C)c2C)c(F)n1)[C@H]1CC[C@H](C)CC1. The van der Waals surface area contributed by atoms with E-state index in [4.69, 9.17) is 4.74 Å². The van der Waals surface area contributed by atoms with Crippen molar-refractivity contribution in [3.8, 4) is 11.1 Å². The predicted octanol–water partition coefficient (Wildman–Crippen LogP) is 5.79. The highest BCUT2D eigenvalue weighted by atomic mass is 28.3. The van der Waals surface area contributed by atoms with Gasteiger partial charge in [0.15, 0.2) is 0 Å². The summed E-state index contributed by atoms with van der Waals surface area (Å²) >= 11 is 0. The molecule has 234 valence electrons. The Morgan fingerprint density at radius 2 is 1.84 bits per heavy atom.